The first-order chi connectivity index (χ1) is 7.41. The molecule has 0 fully saturated rings. The van der Waals surface area contributed by atoms with Crippen LogP contribution >= 0.6 is 0 Å². The molecule has 0 saturated carbocycles. The van der Waals surface area contributed by atoms with E-state index in [0.29, 0.717) is 0 Å². The van der Waals surface area contributed by atoms with Gasteiger partial charge in [0, 0.05) is 0 Å². The smallest absolute Gasteiger partial charge is 0.418 e. The zero-order chi connectivity index (χ0) is 12.3. The van der Waals surface area contributed by atoms with E-state index in [1.54, 1.807) is 6.07 Å². The molecule has 1 aromatic rings. The first-order valence-corrected chi connectivity index (χ1v) is 4.11. The number of hydrogen-bond acceptors (Lipinski definition) is 3. The highest BCUT2D eigenvalue weighted by molar-refractivity contribution is 5.53. The highest BCUT2D eigenvalue weighted by atomic mass is 19.4. The fourth-order valence-electron chi connectivity index (χ4n) is 1.30. The summed E-state index contributed by atoms with van der Waals surface area (Å²) in [5.41, 5.74) is -2.40. The summed E-state index contributed by atoms with van der Waals surface area (Å²) < 4.78 is 37.9. The fourth-order valence-corrected chi connectivity index (χ4v) is 1.30. The van der Waals surface area contributed by atoms with Gasteiger partial charge >= 0.3 is 6.18 Å². The van der Waals surface area contributed by atoms with Crippen LogP contribution in [-0.2, 0) is 12.6 Å². The van der Waals surface area contributed by atoms with E-state index in [-0.39, 0.29) is 5.56 Å². The quantitative estimate of drug-likeness (QED) is 0.799. The van der Waals surface area contributed by atoms with E-state index in [9.17, 15) is 13.2 Å². The van der Waals surface area contributed by atoms with E-state index in [1.165, 1.54) is 6.07 Å². The summed E-state index contributed by atoms with van der Waals surface area (Å²) in [5.74, 6) is -0.739. The molecule has 1 aromatic carbocycles. The summed E-state index contributed by atoms with van der Waals surface area (Å²) in [6.45, 7) is 0. The Kier molecular flexibility index (Phi) is 3.05. The van der Waals surface area contributed by atoms with Crippen LogP contribution < -0.4 is 0 Å². The second kappa shape index (κ2) is 4.11. The number of rotatable bonds is 1. The number of aromatic hydroxyl groups is 1. The maximum atomic E-state index is 12.6. The number of nitriles is 2. The second-order valence-corrected chi connectivity index (χ2v) is 2.94. The third-order valence-corrected chi connectivity index (χ3v) is 1.93. The molecule has 0 atom stereocenters. The largest absolute Gasteiger partial charge is 0.507 e. The predicted molar refractivity (Wildman–Crippen MR) is 47.1 cm³/mol. The van der Waals surface area contributed by atoms with E-state index in [1.807, 2.05) is 0 Å². The van der Waals surface area contributed by atoms with Gasteiger partial charge in [-0.25, -0.2) is 0 Å². The summed E-state index contributed by atoms with van der Waals surface area (Å²) in [6.07, 6.45) is -5.24. The maximum absolute atomic E-state index is 12.6. The highest BCUT2D eigenvalue weighted by Gasteiger charge is 2.37. The van der Waals surface area contributed by atoms with Crippen molar-refractivity contribution in [3.8, 4) is 17.9 Å². The van der Waals surface area contributed by atoms with Gasteiger partial charge in [0.15, 0.2) is 0 Å². The normalized spacial score (nSPS) is 10.6. The monoisotopic (exact) mass is 226 g/mol. The number of phenolic OH excluding ortho intramolecular Hbond substituents is 1. The van der Waals surface area contributed by atoms with Gasteiger partial charge < -0.3 is 5.11 Å². The van der Waals surface area contributed by atoms with E-state index in [2.05, 4.69) is 0 Å². The Morgan fingerprint density at radius 1 is 1.25 bits per heavy atom. The van der Waals surface area contributed by atoms with Gasteiger partial charge in [0.05, 0.1) is 18.1 Å². The van der Waals surface area contributed by atoms with Crippen molar-refractivity contribution in [3.63, 3.8) is 0 Å². The van der Waals surface area contributed by atoms with Crippen molar-refractivity contribution in [3.05, 3.63) is 28.8 Å². The van der Waals surface area contributed by atoms with Crippen LogP contribution in [0.2, 0.25) is 0 Å². The van der Waals surface area contributed by atoms with Gasteiger partial charge in [-0.1, -0.05) is 6.07 Å². The minimum atomic E-state index is -4.77. The van der Waals surface area contributed by atoms with E-state index in [0.717, 1.165) is 12.1 Å². The molecule has 0 aliphatic rings. The van der Waals surface area contributed by atoms with Crippen LogP contribution in [0.25, 0.3) is 0 Å². The van der Waals surface area contributed by atoms with Crippen LogP contribution in [-0.4, -0.2) is 5.11 Å². The van der Waals surface area contributed by atoms with Gasteiger partial charge in [0.1, 0.15) is 17.4 Å². The molecule has 0 bridgehead atoms. The average molecular weight is 226 g/mol. The lowest BCUT2D eigenvalue weighted by Crippen LogP contribution is -2.12. The molecule has 0 aliphatic heterocycles. The molecule has 6 heteroatoms. The summed E-state index contributed by atoms with van der Waals surface area (Å²) >= 11 is 0. The minimum absolute atomic E-state index is 0.315. The van der Waals surface area contributed by atoms with Gasteiger partial charge in [-0.2, -0.15) is 23.7 Å². The van der Waals surface area contributed by atoms with Crippen molar-refractivity contribution >= 4 is 0 Å². The summed E-state index contributed by atoms with van der Waals surface area (Å²) in [4.78, 5) is 0. The van der Waals surface area contributed by atoms with Crippen molar-refractivity contribution < 1.29 is 18.3 Å². The number of halogens is 3. The summed E-state index contributed by atoms with van der Waals surface area (Å²) in [7, 11) is 0. The molecule has 0 saturated heterocycles. The van der Waals surface area contributed by atoms with Crippen molar-refractivity contribution in [2.75, 3.05) is 0 Å². The molecule has 16 heavy (non-hydrogen) atoms. The lowest BCUT2D eigenvalue weighted by atomic mass is 9.98. The zero-order valence-electron chi connectivity index (χ0n) is 7.84. The van der Waals surface area contributed by atoms with Crippen molar-refractivity contribution in [2.24, 2.45) is 0 Å². The number of nitrogens with zero attached hydrogens (tertiary/aromatic N) is 2. The molecular formula is C10H5F3N2O. The van der Waals surface area contributed by atoms with Crippen LogP contribution in [0.15, 0.2) is 12.1 Å². The Morgan fingerprint density at radius 3 is 2.31 bits per heavy atom. The third kappa shape index (κ3) is 2.06. The number of alkyl halides is 3. The van der Waals surface area contributed by atoms with Gasteiger partial charge in [-0.05, 0) is 11.6 Å². The van der Waals surface area contributed by atoms with Crippen LogP contribution in [0, 0.1) is 22.7 Å². The van der Waals surface area contributed by atoms with Gasteiger partial charge in [-0.3, -0.25) is 0 Å². The third-order valence-electron chi connectivity index (χ3n) is 1.93. The highest BCUT2D eigenvalue weighted by Crippen LogP contribution is 2.38. The molecule has 82 valence electrons. The number of hydrogen-bond donors (Lipinski definition) is 1. The molecule has 0 spiro atoms. The second-order valence-electron chi connectivity index (χ2n) is 2.94. The molecule has 0 radical (unpaired) electrons. The molecule has 1 N–H and O–H groups in total. The predicted octanol–water partition coefficient (Wildman–Crippen LogP) is 2.35. The van der Waals surface area contributed by atoms with Gasteiger partial charge in [-0.15, -0.1) is 0 Å². The lowest BCUT2D eigenvalue weighted by molar-refractivity contribution is -0.138. The van der Waals surface area contributed by atoms with Crippen LogP contribution in [0.3, 0.4) is 0 Å². The Bertz CT molecular complexity index is 495. The van der Waals surface area contributed by atoms with Crippen LogP contribution in [0.1, 0.15) is 16.7 Å². The molecule has 1 rings (SSSR count). The van der Waals surface area contributed by atoms with Crippen molar-refractivity contribution in [1.82, 2.24) is 0 Å². The van der Waals surface area contributed by atoms with E-state index in [4.69, 9.17) is 15.6 Å². The molecule has 0 aromatic heterocycles. The standard InChI is InChI=1S/C10H5F3N2O/c11-10(12,13)9-6(3-4-14)1-2-8(16)7(9)5-15/h1-2,16H,3H2. The average Bonchev–Trinajstić information content (AvgIpc) is 2.18. The minimum Gasteiger partial charge on any atom is -0.507 e. The first kappa shape index (κ1) is 11.9. The molecule has 0 unspecified atom stereocenters. The summed E-state index contributed by atoms with van der Waals surface area (Å²) in [5, 5.41) is 26.1. The molecule has 3 nitrogen and oxygen atoms in total. The molecule has 0 aliphatic carbocycles. The van der Waals surface area contributed by atoms with Crippen LogP contribution in [0.4, 0.5) is 13.2 Å². The Hall–Kier alpha value is -2.21. The van der Waals surface area contributed by atoms with E-state index >= 15 is 0 Å². The topological polar surface area (TPSA) is 67.8 Å². The Labute approximate surface area is 89.0 Å². The summed E-state index contributed by atoms with van der Waals surface area (Å²) in [6, 6.07) is 4.83. The van der Waals surface area contributed by atoms with Gasteiger partial charge in [0.2, 0.25) is 0 Å². The Morgan fingerprint density at radius 2 is 1.88 bits per heavy atom. The first-order valence-electron chi connectivity index (χ1n) is 4.11. The zero-order valence-corrected chi connectivity index (χ0v) is 7.84. The number of phenols is 1. The maximum Gasteiger partial charge on any atom is 0.418 e. The molecule has 0 amide bonds. The Balaban J connectivity index is 3.57. The van der Waals surface area contributed by atoms with Crippen LogP contribution in [0.5, 0.6) is 5.75 Å². The number of benzene rings is 1. The lowest BCUT2D eigenvalue weighted by Gasteiger charge is -2.13. The fraction of sp³-hybridized carbons (Fsp3) is 0.200. The van der Waals surface area contributed by atoms with Gasteiger partial charge in [0.25, 0.3) is 0 Å². The van der Waals surface area contributed by atoms with Crippen molar-refractivity contribution in [2.45, 2.75) is 12.6 Å². The molecule has 0 heterocycles. The van der Waals surface area contributed by atoms with Crippen molar-refractivity contribution in [1.29, 1.82) is 10.5 Å². The molecular weight excluding hydrogens is 221 g/mol. The van der Waals surface area contributed by atoms with E-state index < -0.39 is 29.5 Å². The SMILES string of the molecule is N#CCc1ccc(O)c(C#N)c1C(F)(F)F.